The maximum atomic E-state index is 12.6. The van der Waals surface area contributed by atoms with E-state index in [-0.39, 0.29) is 10.9 Å². The van der Waals surface area contributed by atoms with Crippen molar-refractivity contribution in [2.45, 2.75) is 10.9 Å². The number of aromatic nitrogens is 2. The van der Waals surface area contributed by atoms with Gasteiger partial charge in [-0.15, -0.1) is 0 Å². The maximum Gasteiger partial charge on any atom is 0.243 e. The van der Waals surface area contributed by atoms with E-state index in [4.69, 9.17) is 9.47 Å². The van der Waals surface area contributed by atoms with Gasteiger partial charge in [-0.3, -0.25) is 4.68 Å². The van der Waals surface area contributed by atoms with Crippen LogP contribution in [0.4, 0.5) is 0 Å². The molecular weight excluding hydrogens is 306 g/mol. The van der Waals surface area contributed by atoms with Crippen molar-refractivity contribution in [2.75, 3.05) is 26.3 Å². The quantitative estimate of drug-likeness (QED) is 0.840. The van der Waals surface area contributed by atoms with Crippen LogP contribution in [0.25, 0.3) is 0 Å². The molecule has 0 atom stereocenters. The summed E-state index contributed by atoms with van der Waals surface area (Å²) in [5.41, 5.74) is 0. The average Bonchev–Trinajstić information content (AvgIpc) is 2.99. The first-order chi connectivity index (χ1) is 10.6. The molecule has 116 valence electrons. The van der Waals surface area contributed by atoms with Gasteiger partial charge in [0.25, 0.3) is 0 Å². The Morgan fingerprint density at radius 2 is 1.91 bits per heavy atom. The molecule has 1 aromatic carbocycles. The Bertz CT molecular complexity index is 782. The van der Waals surface area contributed by atoms with E-state index in [0.29, 0.717) is 37.8 Å². The molecule has 7 nitrogen and oxygen atoms in total. The lowest BCUT2D eigenvalue weighted by Gasteiger charge is -2.38. The summed E-state index contributed by atoms with van der Waals surface area (Å²) in [6.07, 6.45) is 3.54. The number of ether oxygens (including phenoxy) is 2. The number of rotatable bonds is 3. The van der Waals surface area contributed by atoms with Crippen molar-refractivity contribution in [3.63, 3.8) is 0 Å². The van der Waals surface area contributed by atoms with E-state index in [9.17, 15) is 8.42 Å². The largest absolute Gasteiger partial charge is 0.486 e. The van der Waals surface area contributed by atoms with E-state index in [0.717, 1.165) is 0 Å². The molecule has 0 aliphatic carbocycles. The predicted octanol–water partition coefficient (Wildman–Crippen LogP) is 0.900. The van der Waals surface area contributed by atoms with Gasteiger partial charge < -0.3 is 9.47 Å². The number of benzene rings is 1. The van der Waals surface area contributed by atoms with Crippen LogP contribution in [0.5, 0.6) is 11.5 Å². The van der Waals surface area contributed by atoms with Crippen molar-refractivity contribution in [3.8, 4) is 11.5 Å². The van der Waals surface area contributed by atoms with Gasteiger partial charge in [-0.1, -0.05) is 0 Å². The van der Waals surface area contributed by atoms with E-state index < -0.39 is 10.0 Å². The molecule has 1 saturated heterocycles. The SMILES string of the molecule is O=S(=O)(c1ccc2c(c1)OCCO2)N1CC(n2cccn2)C1. The average molecular weight is 321 g/mol. The molecule has 0 N–H and O–H groups in total. The molecule has 2 aliphatic heterocycles. The highest BCUT2D eigenvalue weighted by molar-refractivity contribution is 7.89. The van der Waals surface area contributed by atoms with Crippen molar-refractivity contribution < 1.29 is 17.9 Å². The zero-order chi connectivity index (χ0) is 15.2. The standard InChI is InChI=1S/C14H15N3O4S/c18-22(19,16-9-11(10-16)17-5-1-4-15-17)12-2-3-13-14(8-12)21-7-6-20-13/h1-5,8,11H,6-7,9-10H2. The molecule has 0 spiro atoms. The maximum absolute atomic E-state index is 12.6. The van der Waals surface area contributed by atoms with Gasteiger partial charge in [0.05, 0.1) is 10.9 Å². The van der Waals surface area contributed by atoms with Gasteiger partial charge in [-0.25, -0.2) is 8.42 Å². The molecule has 2 aromatic rings. The molecule has 0 radical (unpaired) electrons. The van der Waals surface area contributed by atoms with Crippen molar-refractivity contribution >= 4 is 10.0 Å². The van der Waals surface area contributed by atoms with Crippen LogP contribution < -0.4 is 9.47 Å². The molecule has 1 aromatic heterocycles. The summed E-state index contributed by atoms with van der Waals surface area (Å²) in [6.45, 7) is 1.77. The van der Waals surface area contributed by atoms with E-state index in [1.165, 1.54) is 10.4 Å². The van der Waals surface area contributed by atoms with Crippen LogP contribution in [0.2, 0.25) is 0 Å². The Hall–Kier alpha value is -2.06. The van der Waals surface area contributed by atoms with E-state index in [1.807, 2.05) is 12.3 Å². The summed E-state index contributed by atoms with van der Waals surface area (Å²) in [6, 6.07) is 6.67. The van der Waals surface area contributed by atoms with Crippen molar-refractivity contribution in [3.05, 3.63) is 36.7 Å². The Kier molecular flexibility index (Phi) is 3.08. The molecule has 0 unspecified atom stereocenters. The molecule has 4 rings (SSSR count). The monoisotopic (exact) mass is 321 g/mol. The van der Waals surface area contributed by atoms with Crippen LogP contribution in [-0.4, -0.2) is 48.8 Å². The molecule has 0 amide bonds. The van der Waals surface area contributed by atoms with Crippen LogP contribution in [0.3, 0.4) is 0 Å². The number of nitrogens with zero attached hydrogens (tertiary/aromatic N) is 3. The van der Waals surface area contributed by atoms with Crippen LogP contribution >= 0.6 is 0 Å². The van der Waals surface area contributed by atoms with Crippen LogP contribution in [0.1, 0.15) is 6.04 Å². The third kappa shape index (κ3) is 2.15. The minimum atomic E-state index is -3.50. The second-order valence-electron chi connectivity index (χ2n) is 5.27. The lowest BCUT2D eigenvalue weighted by molar-refractivity contribution is 0.170. The van der Waals surface area contributed by atoms with Gasteiger partial charge in [-0.05, 0) is 18.2 Å². The van der Waals surface area contributed by atoms with Crippen LogP contribution in [-0.2, 0) is 10.0 Å². The number of hydrogen-bond donors (Lipinski definition) is 0. The summed E-state index contributed by atoms with van der Waals surface area (Å²) < 4.78 is 39.3. The first kappa shape index (κ1) is 13.6. The fourth-order valence-corrected chi connectivity index (χ4v) is 4.14. The van der Waals surface area contributed by atoms with Crippen molar-refractivity contribution in [1.29, 1.82) is 0 Å². The molecule has 3 heterocycles. The lowest BCUT2D eigenvalue weighted by Crippen LogP contribution is -2.50. The minimum absolute atomic E-state index is 0.0991. The van der Waals surface area contributed by atoms with Gasteiger partial charge in [0.2, 0.25) is 10.0 Å². The minimum Gasteiger partial charge on any atom is -0.486 e. The Labute approximate surface area is 128 Å². The summed E-state index contributed by atoms with van der Waals surface area (Å²) >= 11 is 0. The highest BCUT2D eigenvalue weighted by atomic mass is 32.2. The zero-order valence-electron chi connectivity index (χ0n) is 11.8. The third-order valence-electron chi connectivity index (χ3n) is 3.88. The molecule has 22 heavy (non-hydrogen) atoms. The first-order valence-corrected chi connectivity index (χ1v) is 8.47. The Balaban J connectivity index is 1.55. The lowest BCUT2D eigenvalue weighted by atomic mass is 10.2. The second kappa shape index (κ2) is 4.99. The number of sulfonamides is 1. The van der Waals surface area contributed by atoms with Gasteiger partial charge in [0.15, 0.2) is 11.5 Å². The van der Waals surface area contributed by atoms with Crippen LogP contribution in [0.15, 0.2) is 41.6 Å². The van der Waals surface area contributed by atoms with Gasteiger partial charge in [0, 0.05) is 31.5 Å². The van der Waals surface area contributed by atoms with Gasteiger partial charge in [0.1, 0.15) is 13.2 Å². The van der Waals surface area contributed by atoms with Gasteiger partial charge >= 0.3 is 0 Å². The van der Waals surface area contributed by atoms with Gasteiger partial charge in [-0.2, -0.15) is 9.40 Å². The molecular formula is C14H15N3O4S. The molecule has 0 bridgehead atoms. The van der Waals surface area contributed by atoms with Crippen molar-refractivity contribution in [1.82, 2.24) is 14.1 Å². The number of hydrogen-bond acceptors (Lipinski definition) is 5. The summed E-state index contributed by atoms with van der Waals surface area (Å²) in [5.74, 6) is 1.07. The fraction of sp³-hybridized carbons (Fsp3) is 0.357. The Morgan fingerprint density at radius 1 is 1.14 bits per heavy atom. The third-order valence-corrected chi connectivity index (χ3v) is 5.71. The highest BCUT2D eigenvalue weighted by Crippen LogP contribution is 2.35. The summed E-state index contributed by atoms with van der Waals surface area (Å²) in [4.78, 5) is 0.232. The van der Waals surface area contributed by atoms with E-state index in [1.54, 1.807) is 23.0 Å². The normalized spacial score (nSPS) is 18.9. The van der Waals surface area contributed by atoms with Crippen LogP contribution in [0, 0.1) is 0 Å². The summed E-state index contributed by atoms with van der Waals surface area (Å²) in [7, 11) is -3.50. The molecule has 2 aliphatic rings. The zero-order valence-corrected chi connectivity index (χ0v) is 12.6. The fourth-order valence-electron chi connectivity index (χ4n) is 2.61. The first-order valence-electron chi connectivity index (χ1n) is 7.03. The second-order valence-corrected chi connectivity index (χ2v) is 7.21. The number of fused-ring (bicyclic) bond motifs is 1. The summed E-state index contributed by atoms with van der Waals surface area (Å²) in [5, 5.41) is 4.14. The predicted molar refractivity (Wildman–Crippen MR) is 77.5 cm³/mol. The molecule has 1 fully saturated rings. The van der Waals surface area contributed by atoms with E-state index >= 15 is 0 Å². The molecule has 8 heteroatoms. The smallest absolute Gasteiger partial charge is 0.243 e. The van der Waals surface area contributed by atoms with E-state index in [2.05, 4.69) is 5.10 Å². The highest BCUT2D eigenvalue weighted by Gasteiger charge is 2.38. The topological polar surface area (TPSA) is 73.7 Å². The Morgan fingerprint density at radius 3 is 2.64 bits per heavy atom. The molecule has 0 saturated carbocycles. The van der Waals surface area contributed by atoms with Crippen molar-refractivity contribution in [2.24, 2.45) is 0 Å².